The Hall–Kier alpha value is -2.44. The molecule has 0 aliphatic heterocycles. The molecule has 3 aromatic rings. The minimum Gasteiger partial charge on any atom is -0.488 e. The predicted molar refractivity (Wildman–Crippen MR) is 119 cm³/mol. The fraction of sp³-hybridized carbons (Fsp3) is 0.0909. The van der Waals surface area contributed by atoms with Gasteiger partial charge >= 0.3 is 0 Å². The summed E-state index contributed by atoms with van der Waals surface area (Å²) in [4.78, 5) is 12.2. The number of nitrogens with one attached hydrogen (secondary N) is 1. The zero-order chi connectivity index (χ0) is 19.9. The Morgan fingerprint density at radius 1 is 1.07 bits per heavy atom. The topological polar surface area (TPSA) is 50.7 Å². The third kappa shape index (κ3) is 5.53. The van der Waals surface area contributed by atoms with Crippen LogP contribution in [0.5, 0.6) is 5.75 Å². The standard InChI is InChI=1S/C22H18Br2N2O2/c1-15-4-2-3-5-19(15)22(27)26-25-13-17-8-11-21(20(24)12-17)28-14-16-6-9-18(23)10-7-16/h2-13H,14H2,1H3,(H,26,27)/b25-13+. The Morgan fingerprint density at radius 3 is 2.54 bits per heavy atom. The first-order chi connectivity index (χ1) is 13.5. The van der Waals surface area contributed by atoms with Crippen LogP contribution in [0.3, 0.4) is 0 Å². The second kappa shape index (κ2) is 9.66. The Morgan fingerprint density at radius 2 is 1.82 bits per heavy atom. The van der Waals surface area contributed by atoms with E-state index in [1.165, 1.54) is 0 Å². The summed E-state index contributed by atoms with van der Waals surface area (Å²) in [6.45, 7) is 2.37. The van der Waals surface area contributed by atoms with Gasteiger partial charge in [0.2, 0.25) is 0 Å². The summed E-state index contributed by atoms with van der Waals surface area (Å²) in [7, 11) is 0. The Balaban J connectivity index is 1.59. The van der Waals surface area contributed by atoms with E-state index in [1.807, 2.05) is 67.6 Å². The molecule has 0 saturated heterocycles. The van der Waals surface area contributed by atoms with E-state index in [1.54, 1.807) is 12.3 Å². The van der Waals surface area contributed by atoms with Crippen LogP contribution in [-0.2, 0) is 6.61 Å². The molecule has 0 aliphatic rings. The molecule has 0 atom stereocenters. The van der Waals surface area contributed by atoms with Gasteiger partial charge in [-0.15, -0.1) is 0 Å². The highest BCUT2D eigenvalue weighted by atomic mass is 79.9. The van der Waals surface area contributed by atoms with E-state index in [0.29, 0.717) is 12.2 Å². The van der Waals surface area contributed by atoms with Gasteiger partial charge in [0.05, 0.1) is 10.7 Å². The molecule has 1 amide bonds. The van der Waals surface area contributed by atoms with Crippen LogP contribution in [0.25, 0.3) is 0 Å². The summed E-state index contributed by atoms with van der Waals surface area (Å²) < 4.78 is 7.71. The first-order valence-electron chi connectivity index (χ1n) is 8.59. The van der Waals surface area contributed by atoms with Gasteiger partial charge in [0.25, 0.3) is 5.91 Å². The van der Waals surface area contributed by atoms with Gasteiger partial charge in [0.15, 0.2) is 0 Å². The largest absolute Gasteiger partial charge is 0.488 e. The maximum atomic E-state index is 12.2. The van der Waals surface area contributed by atoms with Crippen molar-refractivity contribution in [2.45, 2.75) is 13.5 Å². The lowest BCUT2D eigenvalue weighted by atomic mass is 10.1. The van der Waals surface area contributed by atoms with Crippen molar-refractivity contribution in [3.05, 3.63) is 97.9 Å². The molecule has 4 nitrogen and oxygen atoms in total. The lowest BCUT2D eigenvalue weighted by Crippen LogP contribution is -2.18. The van der Waals surface area contributed by atoms with Crippen LogP contribution in [0.1, 0.15) is 27.0 Å². The normalized spacial score (nSPS) is 10.8. The van der Waals surface area contributed by atoms with Crippen molar-refractivity contribution in [1.29, 1.82) is 0 Å². The van der Waals surface area contributed by atoms with E-state index in [-0.39, 0.29) is 5.91 Å². The highest BCUT2D eigenvalue weighted by molar-refractivity contribution is 9.10. The first-order valence-corrected chi connectivity index (χ1v) is 10.2. The number of hydrazone groups is 1. The molecular formula is C22H18Br2N2O2. The van der Waals surface area contributed by atoms with Crippen LogP contribution in [0.4, 0.5) is 0 Å². The first kappa shape index (κ1) is 20.3. The van der Waals surface area contributed by atoms with Crippen molar-refractivity contribution < 1.29 is 9.53 Å². The van der Waals surface area contributed by atoms with Crippen LogP contribution in [-0.4, -0.2) is 12.1 Å². The van der Waals surface area contributed by atoms with Crippen molar-refractivity contribution >= 4 is 44.0 Å². The number of nitrogens with zero attached hydrogens (tertiary/aromatic N) is 1. The van der Waals surface area contributed by atoms with Crippen molar-refractivity contribution in [1.82, 2.24) is 5.43 Å². The third-order valence-electron chi connectivity index (χ3n) is 4.03. The maximum absolute atomic E-state index is 12.2. The zero-order valence-electron chi connectivity index (χ0n) is 15.2. The average molecular weight is 502 g/mol. The minimum atomic E-state index is -0.233. The predicted octanol–water partition coefficient (Wildman–Crippen LogP) is 5.86. The molecule has 0 unspecified atom stereocenters. The van der Waals surface area contributed by atoms with Gasteiger partial charge < -0.3 is 4.74 Å². The summed E-state index contributed by atoms with van der Waals surface area (Å²) in [5.41, 5.74) is 5.99. The number of hydrogen-bond donors (Lipinski definition) is 1. The Kier molecular flexibility index (Phi) is 7.01. The van der Waals surface area contributed by atoms with E-state index in [4.69, 9.17) is 4.74 Å². The summed E-state index contributed by atoms with van der Waals surface area (Å²) in [5, 5.41) is 4.04. The molecule has 3 rings (SSSR count). The smallest absolute Gasteiger partial charge is 0.271 e. The maximum Gasteiger partial charge on any atom is 0.271 e. The zero-order valence-corrected chi connectivity index (χ0v) is 18.3. The summed E-state index contributed by atoms with van der Waals surface area (Å²) in [6, 6.07) is 21.0. The molecule has 0 bridgehead atoms. The van der Waals surface area contributed by atoms with Gasteiger partial charge in [-0.1, -0.05) is 46.3 Å². The number of amides is 1. The van der Waals surface area contributed by atoms with E-state index in [9.17, 15) is 4.79 Å². The summed E-state index contributed by atoms with van der Waals surface area (Å²) in [6.07, 6.45) is 1.60. The van der Waals surface area contributed by atoms with E-state index in [0.717, 1.165) is 31.4 Å². The Labute approximate surface area is 180 Å². The minimum absolute atomic E-state index is 0.233. The van der Waals surface area contributed by atoms with Crippen LogP contribution in [0, 0.1) is 6.92 Å². The van der Waals surface area contributed by atoms with Crippen LogP contribution in [0.15, 0.2) is 80.8 Å². The van der Waals surface area contributed by atoms with Crippen molar-refractivity contribution in [3.63, 3.8) is 0 Å². The van der Waals surface area contributed by atoms with Crippen molar-refractivity contribution in [3.8, 4) is 5.75 Å². The third-order valence-corrected chi connectivity index (χ3v) is 5.18. The second-order valence-corrected chi connectivity index (χ2v) is 7.89. The molecular weight excluding hydrogens is 484 g/mol. The average Bonchev–Trinajstić information content (AvgIpc) is 2.69. The number of carbonyl (C=O) groups is 1. The van der Waals surface area contributed by atoms with Gasteiger partial charge in [-0.25, -0.2) is 5.43 Å². The molecule has 3 aromatic carbocycles. The van der Waals surface area contributed by atoms with Crippen LogP contribution < -0.4 is 10.2 Å². The van der Waals surface area contributed by atoms with E-state index < -0.39 is 0 Å². The molecule has 142 valence electrons. The molecule has 1 N–H and O–H groups in total. The number of ether oxygens (including phenoxy) is 1. The SMILES string of the molecule is Cc1ccccc1C(=O)N/N=C/c1ccc(OCc2ccc(Br)cc2)c(Br)c1. The number of rotatable bonds is 6. The number of benzene rings is 3. The number of halogens is 2. The molecule has 0 aromatic heterocycles. The highest BCUT2D eigenvalue weighted by Gasteiger charge is 2.07. The van der Waals surface area contributed by atoms with Gasteiger partial charge in [0.1, 0.15) is 12.4 Å². The highest BCUT2D eigenvalue weighted by Crippen LogP contribution is 2.26. The molecule has 28 heavy (non-hydrogen) atoms. The number of aryl methyl sites for hydroxylation is 1. The lowest BCUT2D eigenvalue weighted by molar-refractivity contribution is 0.0954. The fourth-order valence-electron chi connectivity index (χ4n) is 2.51. The molecule has 6 heteroatoms. The quantitative estimate of drug-likeness (QED) is 0.339. The fourth-order valence-corrected chi connectivity index (χ4v) is 3.28. The monoisotopic (exact) mass is 500 g/mol. The summed E-state index contributed by atoms with van der Waals surface area (Å²) in [5.74, 6) is 0.506. The molecule has 0 aliphatic carbocycles. The molecule has 0 fully saturated rings. The number of hydrogen-bond acceptors (Lipinski definition) is 3. The number of carbonyl (C=O) groups excluding carboxylic acids is 1. The second-order valence-electron chi connectivity index (χ2n) is 6.12. The van der Waals surface area contributed by atoms with E-state index >= 15 is 0 Å². The van der Waals surface area contributed by atoms with Gasteiger partial charge in [0, 0.05) is 10.0 Å². The van der Waals surface area contributed by atoms with Gasteiger partial charge in [-0.2, -0.15) is 5.10 Å². The lowest BCUT2D eigenvalue weighted by Gasteiger charge is -2.09. The molecule has 0 spiro atoms. The molecule has 0 radical (unpaired) electrons. The van der Waals surface area contributed by atoms with Crippen molar-refractivity contribution in [2.24, 2.45) is 5.10 Å². The molecule has 0 heterocycles. The van der Waals surface area contributed by atoms with Crippen LogP contribution >= 0.6 is 31.9 Å². The van der Waals surface area contributed by atoms with Crippen LogP contribution in [0.2, 0.25) is 0 Å². The van der Waals surface area contributed by atoms with Crippen molar-refractivity contribution in [2.75, 3.05) is 0 Å². The van der Waals surface area contributed by atoms with E-state index in [2.05, 4.69) is 42.4 Å². The summed E-state index contributed by atoms with van der Waals surface area (Å²) >= 11 is 6.94. The Bertz CT molecular complexity index is 1000. The van der Waals surface area contributed by atoms with Gasteiger partial charge in [-0.05, 0) is 75.9 Å². The van der Waals surface area contributed by atoms with Gasteiger partial charge in [-0.3, -0.25) is 4.79 Å². The molecule has 0 saturated carbocycles.